The number of nitriles is 1. The van der Waals surface area contributed by atoms with Crippen LogP contribution in [0.3, 0.4) is 0 Å². The van der Waals surface area contributed by atoms with Gasteiger partial charge in [-0.3, -0.25) is 0 Å². The molecule has 0 radical (unpaired) electrons. The summed E-state index contributed by atoms with van der Waals surface area (Å²) in [7, 11) is 0. The number of hydrogen-bond acceptors (Lipinski definition) is 2. The third-order valence-corrected chi connectivity index (χ3v) is 4.41. The molecule has 0 fully saturated rings. The van der Waals surface area contributed by atoms with Gasteiger partial charge in [0.2, 0.25) is 0 Å². The molecule has 1 N–H and O–H groups in total. The molecular formula is C18H17ClN2. The van der Waals surface area contributed by atoms with Gasteiger partial charge in [0.15, 0.2) is 0 Å². The zero-order chi connectivity index (χ0) is 14.8. The van der Waals surface area contributed by atoms with Gasteiger partial charge in [0.05, 0.1) is 11.6 Å². The molecule has 2 aromatic carbocycles. The fraction of sp³-hybridized carbons (Fsp3) is 0.278. The zero-order valence-corrected chi connectivity index (χ0v) is 12.7. The average molecular weight is 297 g/mol. The van der Waals surface area contributed by atoms with Gasteiger partial charge in [-0.15, -0.1) is 0 Å². The molecular weight excluding hydrogens is 280 g/mol. The molecule has 0 amide bonds. The predicted octanol–water partition coefficient (Wildman–Crippen LogP) is 4.55. The van der Waals surface area contributed by atoms with Crippen molar-refractivity contribution < 1.29 is 0 Å². The van der Waals surface area contributed by atoms with Crippen LogP contribution in [0.4, 0.5) is 0 Å². The van der Waals surface area contributed by atoms with Crippen molar-refractivity contribution in [3.05, 3.63) is 69.7 Å². The van der Waals surface area contributed by atoms with E-state index in [1.54, 1.807) is 0 Å². The molecule has 2 nitrogen and oxygen atoms in total. The summed E-state index contributed by atoms with van der Waals surface area (Å²) >= 11 is 6.05. The first kappa shape index (κ1) is 14.1. The summed E-state index contributed by atoms with van der Waals surface area (Å²) in [5, 5.41) is 13.3. The van der Waals surface area contributed by atoms with Crippen LogP contribution in [0.25, 0.3) is 0 Å². The molecule has 0 saturated heterocycles. The van der Waals surface area contributed by atoms with Gasteiger partial charge in [-0.05, 0) is 60.7 Å². The van der Waals surface area contributed by atoms with E-state index in [1.807, 2.05) is 30.3 Å². The highest BCUT2D eigenvalue weighted by atomic mass is 35.5. The number of nitrogens with zero attached hydrogens (tertiary/aromatic N) is 1. The Kier molecular flexibility index (Phi) is 3.96. The normalized spacial score (nSPS) is 18.0. The molecule has 106 valence electrons. The Bertz CT molecular complexity index is 685. The van der Waals surface area contributed by atoms with Crippen LogP contribution in [0.5, 0.6) is 0 Å². The van der Waals surface area contributed by atoms with Gasteiger partial charge in [-0.1, -0.05) is 29.8 Å². The fourth-order valence-corrected chi connectivity index (χ4v) is 3.20. The second-order valence-electron chi connectivity index (χ2n) is 5.56. The third-order valence-electron chi connectivity index (χ3n) is 4.17. The van der Waals surface area contributed by atoms with E-state index in [-0.39, 0.29) is 6.04 Å². The van der Waals surface area contributed by atoms with Crippen molar-refractivity contribution in [3.63, 3.8) is 0 Å². The van der Waals surface area contributed by atoms with E-state index in [4.69, 9.17) is 16.9 Å². The molecule has 0 saturated carbocycles. The highest BCUT2D eigenvalue weighted by Gasteiger charge is 2.23. The summed E-state index contributed by atoms with van der Waals surface area (Å²) in [5.41, 5.74) is 4.62. The zero-order valence-electron chi connectivity index (χ0n) is 11.9. The number of benzene rings is 2. The lowest BCUT2D eigenvalue weighted by molar-refractivity contribution is 0.465. The number of hydrogen-bond donors (Lipinski definition) is 1. The van der Waals surface area contributed by atoms with Crippen LogP contribution in [-0.4, -0.2) is 0 Å². The Balaban J connectivity index is 1.74. The molecule has 2 unspecified atom stereocenters. The summed E-state index contributed by atoms with van der Waals surface area (Å²) in [6.07, 6.45) is 2.18. The van der Waals surface area contributed by atoms with Crippen LogP contribution in [-0.2, 0) is 6.42 Å². The Morgan fingerprint density at radius 2 is 2.00 bits per heavy atom. The predicted molar refractivity (Wildman–Crippen MR) is 85.2 cm³/mol. The van der Waals surface area contributed by atoms with Gasteiger partial charge in [-0.2, -0.15) is 5.26 Å². The van der Waals surface area contributed by atoms with Gasteiger partial charge < -0.3 is 5.32 Å². The molecule has 2 aromatic rings. The minimum atomic E-state index is 0.254. The van der Waals surface area contributed by atoms with Gasteiger partial charge in [-0.25, -0.2) is 0 Å². The second-order valence-corrected chi connectivity index (χ2v) is 5.99. The molecule has 3 heteroatoms. The Morgan fingerprint density at radius 3 is 2.71 bits per heavy atom. The lowest BCUT2D eigenvalue weighted by Crippen LogP contribution is -2.22. The van der Waals surface area contributed by atoms with Crippen molar-refractivity contribution >= 4 is 11.6 Å². The molecule has 21 heavy (non-hydrogen) atoms. The molecule has 2 atom stereocenters. The molecule has 1 aliphatic carbocycles. The number of rotatable bonds is 3. The van der Waals surface area contributed by atoms with Crippen LogP contribution < -0.4 is 5.32 Å². The highest BCUT2D eigenvalue weighted by molar-refractivity contribution is 6.30. The average Bonchev–Trinajstić information content (AvgIpc) is 2.89. The summed E-state index contributed by atoms with van der Waals surface area (Å²) in [6, 6.07) is 16.7. The molecule has 0 aromatic heterocycles. The van der Waals surface area contributed by atoms with E-state index in [2.05, 4.69) is 30.4 Å². The number of halogens is 1. The first-order valence-corrected chi connectivity index (χ1v) is 7.59. The number of nitrogens with one attached hydrogen (secondary N) is 1. The van der Waals surface area contributed by atoms with Crippen LogP contribution >= 0.6 is 11.6 Å². The standard InChI is InChI=1S/C18H17ClN2/c1-12(14-4-2-13(11-20)3-5-14)21-18-9-6-15-10-16(19)7-8-17(15)18/h2-5,7-8,10,12,18,21H,6,9H2,1H3. The minimum Gasteiger partial charge on any atom is -0.303 e. The Hall–Kier alpha value is -1.82. The summed E-state index contributed by atoms with van der Waals surface area (Å²) in [5.74, 6) is 0. The quantitative estimate of drug-likeness (QED) is 0.902. The Labute approximate surface area is 130 Å². The maximum absolute atomic E-state index is 8.85. The largest absolute Gasteiger partial charge is 0.303 e. The molecule has 1 aliphatic rings. The summed E-state index contributed by atoms with van der Waals surface area (Å²) < 4.78 is 0. The highest BCUT2D eigenvalue weighted by Crippen LogP contribution is 2.34. The maximum atomic E-state index is 8.85. The van der Waals surface area contributed by atoms with Crippen LogP contribution in [0.15, 0.2) is 42.5 Å². The van der Waals surface area contributed by atoms with Crippen LogP contribution in [0.2, 0.25) is 5.02 Å². The lowest BCUT2D eigenvalue weighted by Gasteiger charge is -2.21. The van der Waals surface area contributed by atoms with E-state index in [0.717, 1.165) is 17.9 Å². The smallest absolute Gasteiger partial charge is 0.0991 e. The molecule has 0 spiro atoms. The lowest BCUT2D eigenvalue weighted by atomic mass is 10.0. The van der Waals surface area contributed by atoms with Crippen molar-refractivity contribution in [1.82, 2.24) is 5.32 Å². The summed E-state index contributed by atoms with van der Waals surface area (Å²) in [4.78, 5) is 0. The SMILES string of the molecule is CC(NC1CCc2cc(Cl)ccc21)c1ccc(C#N)cc1. The van der Waals surface area contributed by atoms with Crippen molar-refractivity contribution in [3.8, 4) is 6.07 Å². The molecule has 0 heterocycles. The van der Waals surface area contributed by atoms with Crippen LogP contribution in [0, 0.1) is 11.3 Å². The van der Waals surface area contributed by atoms with E-state index < -0.39 is 0 Å². The molecule has 0 aliphatic heterocycles. The van der Waals surface area contributed by atoms with Gasteiger partial charge in [0, 0.05) is 17.1 Å². The monoisotopic (exact) mass is 296 g/mol. The molecule has 0 bridgehead atoms. The van der Waals surface area contributed by atoms with Crippen molar-refractivity contribution in [1.29, 1.82) is 5.26 Å². The first-order chi connectivity index (χ1) is 10.2. The Morgan fingerprint density at radius 1 is 1.24 bits per heavy atom. The van der Waals surface area contributed by atoms with Crippen molar-refractivity contribution in [2.75, 3.05) is 0 Å². The second kappa shape index (κ2) is 5.89. The first-order valence-electron chi connectivity index (χ1n) is 7.22. The van der Waals surface area contributed by atoms with E-state index >= 15 is 0 Å². The van der Waals surface area contributed by atoms with E-state index in [1.165, 1.54) is 16.7 Å². The fourth-order valence-electron chi connectivity index (χ4n) is 3.00. The molecule has 3 rings (SSSR count). The number of fused-ring (bicyclic) bond motifs is 1. The van der Waals surface area contributed by atoms with Crippen molar-refractivity contribution in [2.45, 2.75) is 31.8 Å². The third kappa shape index (κ3) is 2.95. The minimum absolute atomic E-state index is 0.254. The van der Waals surface area contributed by atoms with Crippen LogP contribution in [0.1, 0.15) is 47.7 Å². The number of aryl methyl sites for hydroxylation is 1. The van der Waals surface area contributed by atoms with Gasteiger partial charge in [0.1, 0.15) is 0 Å². The maximum Gasteiger partial charge on any atom is 0.0991 e. The van der Waals surface area contributed by atoms with E-state index in [0.29, 0.717) is 11.6 Å². The van der Waals surface area contributed by atoms with Gasteiger partial charge >= 0.3 is 0 Å². The topological polar surface area (TPSA) is 35.8 Å². The van der Waals surface area contributed by atoms with E-state index in [9.17, 15) is 0 Å². The summed E-state index contributed by atoms with van der Waals surface area (Å²) in [6.45, 7) is 2.16. The van der Waals surface area contributed by atoms with Crippen molar-refractivity contribution in [2.24, 2.45) is 0 Å². The van der Waals surface area contributed by atoms with Gasteiger partial charge in [0.25, 0.3) is 0 Å².